The van der Waals surface area contributed by atoms with Crippen LogP contribution in [0.15, 0.2) is 21.9 Å². The van der Waals surface area contributed by atoms with Gasteiger partial charge in [-0.05, 0) is 20.3 Å². The lowest BCUT2D eigenvalue weighted by atomic mass is 10.4. The van der Waals surface area contributed by atoms with Crippen LogP contribution in [0.25, 0.3) is 0 Å². The quantitative estimate of drug-likeness (QED) is 0.405. The summed E-state index contributed by atoms with van der Waals surface area (Å²) < 4.78 is 12.4. The second-order valence-electron chi connectivity index (χ2n) is 3.85. The average molecular weight is 284 g/mol. The molecule has 0 aromatic carbocycles. The Kier molecular flexibility index (Phi) is 7.38. The van der Waals surface area contributed by atoms with Crippen LogP contribution in [0.1, 0.15) is 20.3 Å². The minimum absolute atomic E-state index is 0.137. The second-order valence-corrected chi connectivity index (χ2v) is 5.23. The van der Waals surface area contributed by atoms with E-state index < -0.39 is 0 Å². The van der Waals surface area contributed by atoms with Crippen LogP contribution >= 0.6 is 0 Å². The second kappa shape index (κ2) is 8.84. The first-order valence-electron chi connectivity index (χ1n) is 6.43. The normalized spacial score (nSPS) is 11.1. The van der Waals surface area contributed by atoms with Gasteiger partial charge in [0.1, 0.15) is 15.4 Å². The number of aromatic nitrogens is 2. The highest BCUT2D eigenvalue weighted by molar-refractivity contribution is 6.36. The molecular weight excluding hydrogens is 264 g/mol. The molecule has 0 saturated heterocycles. The van der Waals surface area contributed by atoms with Gasteiger partial charge in [0.2, 0.25) is 0 Å². The third-order valence-corrected chi connectivity index (χ3v) is 3.73. The van der Waals surface area contributed by atoms with Gasteiger partial charge < -0.3 is 14.0 Å². The van der Waals surface area contributed by atoms with Gasteiger partial charge >= 0.3 is 5.69 Å². The Morgan fingerprint density at radius 1 is 1.32 bits per heavy atom. The summed E-state index contributed by atoms with van der Waals surface area (Å²) in [5.74, 6) is -0.137. The van der Waals surface area contributed by atoms with E-state index in [2.05, 4.69) is 4.98 Å². The van der Waals surface area contributed by atoms with Crippen molar-refractivity contribution in [3.63, 3.8) is 0 Å². The number of aromatic amines is 1. The maximum atomic E-state index is 11.4. The molecule has 106 valence electrons. The summed E-state index contributed by atoms with van der Waals surface area (Å²) >= 11 is 0. The fourth-order valence-electron chi connectivity index (χ4n) is 1.56. The summed E-state index contributed by atoms with van der Waals surface area (Å²) in [6.45, 7) is 5.74. The highest BCUT2D eigenvalue weighted by Crippen LogP contribution is 2.00. The van der Waals surface area contributed by atoms with Crippen molar-refractivity contribution in [2.24, 2.45) is 0 Å². The molecule has 1 aromatic heterocycles. The number of hydrogen-bond donors (Lipinski definition) is 1. The first-order chi connectivity index (χ1) is 9.17. The molecule has 0 aliphatic rings. The van der Waals surface area contributed by atoms with E-state index in [1.165, 1.54) is 16.8 Å². The molecule has 0 bridgehead atoms. The summed E-state index contributed by atoms with van der Waals surface area (Å²) in [6, 6.07) is 2.28. The standard InChI is InChI=1S/C12H20N2O4Si/c1-3-17-12(18-4-2)19-9-5-7-14-8-6-10(15)13-11(14)16/h6,8,12H,3-5,7,9H2,1-2H3,(H,13,15,16). The highest BCUT2D eigenvalue weighted by Gasteiger charge is 2.08. The van der Waals surface area contributed by atoms with Gasteiger partial charge in [0.15, 0.2) is 0 Å². The Bertz CT molecular complexity index is 465. The Hall–Kier alpha value is -1.18. The van der Waals surface area contributed by atoms with E-state index in [1.54, 1.807) is 0 Å². The molecule has 7 heteroatoms. The largest absolute Gasteiger partial charge is 0.357 e. The number of H-pyrrole nitrogens is 1. The van der Waals surface area contributed by atoms with Crippen LogP contribution in [-0.4, -0.2) is 38.2 Å². The van der Waals surface area contributed by atoms with Crippen molar-refractivity contribution in [3.8, 4) is 0 Å². The van der Waals surface area contributed by atoms with Gasteiger partial charge in [-0.15, -0.1) is 0 Å². The number of nitrogens with zero attached hydrogens (tertiary/aromatic N) is 1. The Morgan fingerprint density at radius 3 is 2.58 bits per heavy atom. The third kappa shape index (κ3) is 5.99. The van der Waals surface area contributed by atoms with E-state index >= 15 is 0 Å². The molecule has 0 unspecified atom stereocenters. The van der Waals surface area contributed by atoms with Gasteiger partial charge in [0, 0.05) is 32.0 Å². The molecule has 19 heavy (non-hydrogen) atoms. The molecule has 1 rings (SSSR count). The smallest absolute Gasteiger partial charge is 0.328 e. The van der Waals surface area contributed by atoms with Crippen molar-refractivity contribution >= 4 is 9.52 Å². The van der Waals surface area contributed by atoms with Gasteiger partial charge in [-0.3, -0.25) is 9.78 Å². The SMILES string of the molecule is CCOC(OCC)[Si]CCCn1ccc(=O)[nH]c1=O. The molecule has 0 amide bonds. The number of hydrogen-bond acceptors (Lipinski definition) is 4. The molecule has 1 heterocycles. The summed E-state index contributed by atoms with van der Waals surface area (Å²) in [7, 11) is 0.551. The predicted molar refractivity (Wildman–Crippen MR) is 73.5 cm³/mol. The molecule has 1 N–H and O–H groups in total. The van der Waals surface area contributed by atoms with Crippen molar-refractivity contribution < 1.29 is 9.47 Å². The Balaban J connectivity index is 2.33. The van der Waals surface area contributed by atoms with Crippen molar-refractivity contribution in [1.29, 1.82) is 0 Å². The fraction of sp³-hybridized carbons (Fsp3) is 0.667. The van der Waals surface area contributed by atoms with Gasteiger partial charge in [0.25, 0.3) is 5.56 Å². The lowest BCUT2D eigenvalue weighted by Crippen LogP contribution is -2.29. The number of nitrogens with one attached hydrogen (secondary N) is 1. The van der Waals surface area contributed by atoms with E-state index in [4.69, 9.17) is 9.47 Å². The van der Waals surface area contributed by atoms with Crippen LogP contribution in [0.3, 0.4) is 0 Å². The lowest BCUT2D eigenvalue weighted by Gasteiger charge is -2.15. The van der Waals surface area contributed by atoms with Crippen LogP contribution in [0.5, 0.6) is 0 Å². The fourth-order valence-corrected chi connectivity index (χ4v) is 2.73. The zero-order valence-corrected chi connectivity index (χ0v) is 12.3. The number of ether oxygens (including phenoxy) is 2. The number of aryl methyl sites for hydroxylation is 1. The highest BCUT2D eigenvalue weighted by atomic mass is 28.2. The predicted octanol–water partition coefficient (Wildman–Crippen LogP) is 0.406. The molecule has 0 fully saturated rings. The first-order valence-corrected chi connectivity index (χ1v) is 7.72. The zero-order valence-electron chi connectivity index (χ0n) is 11.3. The number of rotatable bonds is 9. The van der Waals surface area contributed by atoms with Crippen LogP contribution < -0.4 is 11.2 Å². The molecular formula is C12H20N2O4Si. The summed E-state index contributed by atoms with van der Waals surface area (Å²) in [5, 5.41) is 0. The molecule has 1 aromatic rings. The van der Waals surface area contributed by atoms with E-state index in [0.29, 0.717) is 29.3 Å². The summed E-state index contributed by atoms with van der Waals surface area (Å²) in [4.78, 5) is 24.6. The van der Waals surface area contributed by atoms with E-state index in [-0.39, 0.29) is 17.2 Å². The molecule has 6 nitrogen and oxygen atoms in total. The zero-order chi connectivity index (χ0) is 14.1. The minimum Gasteiger partial charge on any atom is -0.357 e. The molecule has 0 aliphatic heterocycles. The van der Waals surface area contributed by atoms with Crippen LogP contribution in [0, 0.1) is 0 Å². The van der Waals surface area contributed by atoms with Crippen molar-refractivity contribution in [2.75, 3.05) is 13.2 Å². The summed E-state index contributed by atoms with van der Waals surface area (Å²) in [6.07, 6.45) is 2.37. The van der Waals surface area contributed by atoms with Gasteiger partial charge in [-0.2, -0.15) is 0 Å². The van der Waals surface area contributed by atoms with Crippen LogP contribution in [0.4, 0.5) is 0 Å². The Morgan fingerprint density at radius 2 is 2.00 bits per heavy atom. The van der Waals surface area contributed by atoms with Crippen molar-refractivity contribution in [1.82, 2.24) is 9.55 Å². The monoisotopic (exact) mass is 284 g/mol. The van der Waals surface area contributed by atoms with Crippen LogP contribution in [-0.2, 0) is 16.0 Å². The summed E-state index contributed by atoms with van der Waals surface area (Å²) in [5.41, 5.74) is -0.724. The molecule has 0 saturated carbocycles. The minimum atomic E-state index is -0.365. The van der Waals surface area contributed by atoms with Gasteiger partial charge in [0.05, 0.1) is 0 Å². The van der Waals surface area contributed by atoms with E-state index in [1.807, 2.05) is 13.8 Å². The molecule has 2 radical (unpaired) electrons. The van der Waals surface area contributed by atoms with Crippen LogP contribution in [0.2, 0.25) is 6.04 Å². The lowest BCUT2D eigenvalue weighted by molar-refractivity contribution is -0.0827. The maximum Gasteiger partial charge on any atom is 0.328 e. The van der Waals surface area contributed by atoms with Gasteiger partial charge in [-0.1, -0.05) is 6.04 Å². The van der Waals surface area contributed by atoms with Gasteiger partial charge in [-0.25, -0.2) is 4.79 Å². The molecule has 0 spiro atoms. The molecule has 0 aliphatic carbocycles. The van der Waals surface area contributed by atoms with E-state index in [0.717, 1.165) is 12.5 Å². The first kappa shape index (κ1) is 15.9. The average Bonchev–Trinajstić information content (AvgIpc) is 2.37. The molecule has 0 atom stereocenters. The van der Waals surface area contributed by atoms with Crippen molar-refractivity contribution in [3.05, 3.63) is 33.1 Å². The maximum absolute atomic E-state index is 11.4. The Labute approximate surface area is 114 Å². The van der Waals surface area contributed by atoms with E-state index in [9.17, 15) is 9.59 Å². The third-order valence-electron chi connectivity index (χ3n) is 2.42. The van der Waals surface area contributed by atoms with Crippen molar-refractivity contribution in [2.45, 2.75) is 38.8 Å². The topological polar surface area (TPSA) is 73.3 Å².